The number of para-hydroxylation sites is 1. The lowest BCUT2D eigenvalue weighted by molar-refractivity contribution is -0.117. The Hall–Kier alpha value is -2.22. The van der Waals surface area contributed by atoms with Gasteiger partial charge in [-0.15, -0.1) is 10.2 Å². The standard InChI is InChI=1S/C12H15N5O2S/c1-19-9-5-3-2-4-8(9)11-15-16-12(17(11)14)20-7-6-10(13)18/h2-5H,6-7,14H2,1H3,(H2,13,18). The molecule has 0 atom stereocenters. The number of ether oxygens (including phenoxy) is 1. The van der Waals surface area contributed by atoms with E-state index in [0.717, 1.165) is 5.56 Å². The number of benzene rings is 1. The maximum atomic E-state index is 10.7. The summed E-state index contributed by atoms with van der Waals surface area (Å²) in [4.78, 5) is 10.7. The van der Waals surface area contributed by atoms with Crippen LogP contribution in [-0.4, -0.2) is 33.6 Å². The largest absolute Gasteiger partial charge is 0.496 e. The molecule has 0 fully saturated rings. The minimum Gasteiger partial charge on any atom is -0.496 e. The summed E-state index contributed by atoms with van der Waals surface area (Å²) >= 11 is 1.33. The summed E-state index contributed by atoms with van der Waals surface area (Å²) in [7, 11) is 1.58. The van der Waals surface area contributed by atoms with Crippen molar-refractivity contribution in [3.8, 4) is 17.1 Å². The highest BCUT2D eigenvalue weighted by Gasteiger charge is 2.15. The van der Waals surface area contributed by atoms with Crippen molar-refractivity contribution in [1.29, 1.82) is 0 Å². The second-order valence-corrected chi connectivity index (χ2v) is 5.00. The molecule has 1 aromatic carbocycles. The quantitative estimate of drug-likeness (QED) is 0.597. The second kappa shape index (κ2) is 6.29. The molecule has 0 aliphatic heterocycles. The van der Waals surface area contributed by atoms with Gasteiger partial charge in [-0.1, -0.05) is 23.9 Å². The number of aromatic nitrogens is 3. The van der Waals surface area contributed by atoms with Crippen LogP contribution in [0.4, 0.5) is 0 Å². The number of nitrogens with zero attached hydrogens (tertiary/aromatic N) is 3. The Balaban J connectivity index is 2.22. The van der Waals surface area contributed by atoms with Crippen molar-refractivity contribution in [1.82, 2.24) is 14.9 Å². The number of nitrogen functional groups attached to an aromatic ring is 1. The van der Waals surface area contributed by atoms with Crippen LogP contribution in [0.3, 0.4) is 0 Å². The van der Waals surface area contributed by atoms with Gasteiger partial charge in [0, 0.05) is 12.2 Å². The van der Waals surface area contributed by atoms with E-state index in [9.17, 15) is 4.79 Å². The number of nitrogens with two attached hydrogens (primary N) is 2. The van der Waals surface area contributed by atoms with Crippen LogP contribution in [0.2, 0.25) is 0 Å². The molecule has 8 heteroatoms. The van der Waals surface area contributed by atoms with Crippen LogP contribution in [0.25, 0.3) is 11.4 Å². The molecule has 0 radical (unpaired) electrons. The van der Waals surface area contributed by atoms with Crippen LogP contribution >= 0.6 is 11.8 Å². The molecule has 0 saturated carbocycles. The number of hydrogen-bond donors (Lipinski definition) is 2. The van der Waals surface area contributed by atoms with Crippen molar-refractivity contribution in [3.63, 3.8) is 0 Å². The van der Waals surface area contributed by atoms with E-state index >= 15 is 0 Å². The van der Waals surface area contributed by atoms with Gasteiger partial charge in [0.15, 0.2) is 5.82 Å². The fourth-order valence-electron chi connectivity index (χ4n) is 1.63. The van der Waals surface area contributed by atoms with E-state index in [1.54, 1.807) is 7.11 Å². The summed E-state index contributed by atoms with van der Waals surface area (Å²) in [5, 5.41) is 8.59. The summed E-state index contributed by atoms with van der Waals surface area (Å²) < 4.78 is 6.65. The third-order valence-corrected chi connectivity index (χ3v) is 3.54. The number of amides is 1. The summed E-state index contributed by atoms with van der Waals surface area (Å²) in [5.74, 6) is 7.30. The summed E-state index contributed by atoms with van der Waals surface area (Å²) in [5.41, 5.74) is 5.84. The Labute approximate surface area is 120 Å². The van der Waals surface area contributed by atoms with Gasteiger partial charge in [0.2, 0.25) is 11.1 Å². The molecule has 20 heavy (non-hydrogen) atoms. The van der Waals surface area contributed by atoms with E-state index in [-0.39, 0.29) is 12.3 Å². The average molecular weight is 293 g/mol. The van der Waals surface area contributed by atoms with Crippen molar-refractivity contribution in [3.05, 3.63) is 24.3 Å². The number of hydrogen-bond acceptors (Lipinski definition) is 6. The Morgan fingerprint density at radius 2 is 2.15 bits per heavy atom. The van der Waals surface area contributed by atoms with Crippen LogP contribution in [0.5, 0.6) is 5.75 Å². The molecule has 1 amide bonds. The molecule has 7 nitrogen and oxygen atoms in total. The topological polar surface area (TPSA) is 109 Å². The summed E-state index contributed by atoms with van der Waals surface area (Å²) in [6.07, 6.45) is 0.265. The molecule has 106 valence electrons. The maximum absolute atomic E-state index is 10.7. The van der Waals surface area contributed by atoms with Crippen molar-refractivity contribution in [2.45, 2.75) is 11.6 Å². The zero-order chi connectivity index (χ0) is 14.5. The van der Waals surface area contributed by atoms with Crippen LogP contribution < -0.4 is 16.3 Å². The highest BCUT2D eigenvalue weighted by molar-refractivity contribution is 7.99. The highest BCUT2D eigenvalue weighted by Crippen LogP contribution is 2.29. The smallest absolute Gasteiger partial charge is 0.218 e. The first-order valence-corrected chi connectivity index (χ1v) is 6.87. The molecular formula is C12H15N5O2S. The van der Waals surface area contributed by atoms with Crippen molar-refractivity contribution < 1.29 is 9.53 Å². The molecule has 0 bridgehead atoms. The molecule has 1 heterocycles. The Bertz CT molecular complexity index is 614. The molecule has 0 saturated heterocycles. The molecule has 0 aliphatic rings. The first kappa shape index (κ1) is 14.2. The molecule has 0 spiro atoms. The summed E-state index contributed by atoms with van der Waals surface area (Å²) in [6.45, 7) is 0. The summed E-state index contributed by atoms with van der Waals surface area (Å²) in [6, 6.07) is 7.41. The fourth-order valence-corrected chi connectivity index (χ4v) is 2.44. The molecule has 4 N–H and O–H groups in total. The minimum atomic E-state index is -0.356. The van der Waals surface area contributed by atoms with E-state index in [0.29, 0.717) is 22.5 Å². The fraction of sp³-hybridized carbons (Fsp3) is 0.250. The maximum Gasteiger partial charge on any atom is 0.218 e. The van der Waals surface area contributed by atoms with E-state index in [2.05, 4.69) is 10.2 Å². The van der Waals surface area contributed by atoms with Gasteiger partial charge in [-0.25, -0.2) is 4.68 Å². The molecular weight excluding hydrogens is 278 g/mol. The molecule has 1 aromatic heterocycles. The SMILES string of the molecule is COc1ccccc1-c1nnc(SCCC(N)=O)n1N. The first-order chi connectivity index (χ1) is 9.63. The third kappa shape index (κ3) is 3.02. The highest BCUT2D eigenvalue weighted by atomic mass is 32.2. The lowest BCUT2D eigenvalue weighted by atomic mass is 10.2. The van der Waals surface area contributed by atoms with Crippen LogP contribution in [0.1, 0.15) is 6.42 Å². The van der Waals surface area contributed by atoms with E-state index < -0.39 is 0 Å². The second-order valence-electron chi connectivity index (χ2n) is 3.94. The number of carbonyl (C=O) groups is 1. The number of carbonyl (C=O) groups excluding carboxylic acids is 1. The number of primary amides is 1. The van der Waals surface area contributed by atoms with Gasteiger partial charge in [-0.05, 0) is 12.1 Å². The molecule has 2 aromatic rings. The van der Waals surface area contributed by atoms with E-state index in [1.165, 1.54) is 16.4 Å². The average Bonchev–Trinajstić information content (AvgIpc) is 2.80. The van der Waals surface area contributed by atoms with Gasteiger partial charge in [0.05, 0.1) is 12.7 Å². The van der Waals surface area contributed by atoms with Gasteiger partial charge in [-0.3, -0.25) is 4.79 Å². The monoisotopic (exact) mass is 293 g/mol. The zero-order valence-corrected chi connectivity index (χ0v) is 11.8. The molecule has 2 rings (SSSR count). The van der Waals surface area contributed by atoms with Crippen molar-refractivity contribution in [2.24, 2.45) is 5.73 Å². The lowest BCUT2D eigenvalue weighted by Gasteiger charge is -2.07. The van der Waals surface area contributed by atoms with E-state index in [4.69, 9.17) is 16.3 Å². The Kier molecular flexibility index (Phi) is 4.46. The van der Waals surface area contributed by atoms with Gasteiger partial charge >= 0.3 is 0 Å². The van der Waals surface area contributed by atoms with Gasteiger partial charge < -0.3 is 16.3 Å². The van der Waals surface area contributed by atoms with Crippen LogP contribution in [0.15, 0.2) is 29.4 Å². The Morgan fingerprint density at radius 3 is 2.85 bits per heavy atom. The van der Waals surface area contributed by atoms with Crippen molar-refractivity contribution >= 4 is 17.7 Å². The molecule has 0 aliphatic carbocycles. The predicted octanol–water partition coefficient (Wildman–Crippen LogP) is 0.635. The first-order valence-electron chi connectivity index (χ1n) is 5.88. The predicted molar refractivity (Wildman–Crippen MR) is 76.7 cm³/mol. The Morgan fingerprint density at radius 1 is 1.40 bits per heavy atom. The van der Waals surface area contributed by atoms with Crippen LogP contribution in [0, 0.1) is 0 Å². The molecule has 0 unspecified atom stereocenters. The lowest BCUT2D eigenvalue weighted by Crippen LogP contribution is -2.13. The number of rotatable bonds is 6. The zero-order valence-electron chi connectivity index (χ0n) is 10.9. The van der Waals surface area contributed by atoms with Gasteiger partial charge in [0.25, 0.3) is 0 Å². The van der Waals surface area contributed by atoms with Gasteiger partial charge in [0.1, 0.15) is 5.75 Å². The van der Waals surface area contributed by atoms with E-state index in [1.807, 2.05) is 24.3 Å². The number of methoxy groups -OCH3 is 1. The number of thioether (sulfide) groups is 1. The van der Waals surface area contributed by atoms with Crippen molar-refractivity contribution in [2.75, 3.05) is 18.7 Å². The van der Waals surface area contributed by atoms with Gasteiger partial charge in [-0.2, -0.15) is 0 Å². The normalized spacial score (nSPS) is 10.4. The minimum absolute atomic E-state index is 0.265. The van der Waals surface area contributed by atoms with Crippen LogP contribution in [-0.2, 0) is 4.79 Å². The third-order valence-electron chi connectivity index (χ3n) is 2.59.